The van der Waals surface area contributed by atoms with Crippen molar-refractivity contribution in [3.63, 3.8) is 0 Å². The normalized spacial score (nSPS) is 14.2. The van der Waals surface area contributed by atoms with Crippen LogP contribution in [0.1, 0.15) is 271 Å². The second-order valence-electron chi connectivity index (χ2n) is 22.2. The Balaban J connectivity index is 5.31. The van der Waals surface area contributed by atoms with E-state index in [2.05, 4.69) is 99.0 Å². The smallest absolute Gasteiger partial charge is 0.456 e. The van der Waals surface area contributed by atoms with Gasteiger partial charge in [0.05, 0.1) is 33.8 Å². The van der Waals surface area contributed by atoms with Gasteiger partial charge >= 0.3 is 13.8 Å². The number of phosphoric ester groups is 1. The molecule has 3 unspecified atom stereocenters. The molecule has 0 fully saturated rings. The van der Waals surface area contributed by atoms with Gasteiger partial charge < -0.3 is 19.4 Å². The van der Waals surface area contributed by atoms with Crippen LogP contribution in [0.25, 0.3) is 0 Å². The zero-order valence-electron chi connectivity index (χ0n) is 50.2. The van der Waals surface area contributed by atoms with Crippen LogP contribution in [0.2, 0.25) is 0 Å². The number of quaternary nitrogens is 1. The van der Waals surface area contributed by atoms with E-state index in [4.69, 9.17) is 13.8 Å². The quantitative estimate of drug-likeness (QED) is 0.0205. The van der Waals surface area contributed by atoms with Crippen LogP contribution in [-0.2, 0) is 27.9 Å². The lowest BCUT2D eigenvalue weighted by Crippen LogP contribution is -2.47. The van der Waals surface area contributed by atoms with Gasteiger partial charge in [-0.3, -0.25) is 18.6 Å². The summed E-state index contributed by atoms with van der Waals surface area (Å²) in [5, 5.41) is 3.05. The number of hydrogen-bond acceptors (Lipinski definition) is 6. The Morgan fingerprint density at radius 1 is 0.461 bits per heavy atom. The fraction of sp³-hybridized carbons (Fsp3) is 0.758. The third-order valence-electron chi connectivity index (χ3n) is 13.6. The average Bonchev–Trinajstić information content (AvgIpc) is 3.38. The van der Waals surface area contributed by atoms with E-state index in [9.17, 15) is 19.0 Å². The Morgan fingerprint density at radius 3 is 1.22 bits per heavy atom. The second-order valence-corrected chi connectivity index (χ2v) is 23.7. The van der Waals surface area contributed by atoms with E-state index in [0.29, 0.717) is 17.4 Å². The van der Waals surface area contributed by atoms with Gasteiger partial charge in [-0.25, -0.2) is 4.57 Å². The number of nitrogens with zero attached hydrogens (tertiary/aromatic N) is 1. The summed E-state index contributed by atoms with van der Waals surface area (Å²) < 4.78 is 30.7. The van der Waals surface area contributed by atoms with Crippen molar-refractivity contribution >= 4 is 19.7 Å². The molecule has 0 bridgehead atoms. The number of nitrogens with one attached hydrogen (secondary N) is 1. The first-order valence-corrected chi connectivity index (χ1v) is 32.9. The number of phosphoric acid groups is 1. The number of unbranched alkanes of at least 4 members (excludes halogenated alkanes) is 28. The molecule has 0 heterocycles. The standard InChI is InChI=1S/C66H119N2O7P/c1-7-10-13-16-19-22-25-28-30-32-34-36-38-40-43-46-49-52-55-58-65(69)67-63(62-74-76(71,72)73-61-60-68(4,5)6)64(57-54-51-48-45-42-27-24-21-18-15-12-9-3)75-66(70)59-56-53-50-47-44-41-39-37-35-33-31-29-26-23-20-17-14-11-8-2/h19-20,22-23,28-31,34-37,54,57,63-64H,7-18,21,24-27,32-33,38-53,55-56,58-62H2,1-6H3,(H-,67,69,71,72)/p+1/b22-19-,23-20-,30-28-,31-29-,36-34-,37-35-,57-54+. The molecule has 9 nitrogen and oxygen atoms in total. The van der Waals surface area contributed by atoms with Gasteiger partial charge in [0.15, 0.2) is 0 Å². The summed E-state index contributed by atoms with van der Waals surface area (Å²) in [5.41, 5.74) is 0. The first-order valence-electron chi connectivity index (χ1n) is 31.4. The number of likely N-dealkylation sites (N-methyl/N-ethyl adjacent to an activating group) is 1. The van der Waals surface area contributed by atoms with E-state index in [1.165, 1.54) is 122 Å². The first kappa shape index (κ1) is 73.2. The minimum absolute atomic E-state index is 0.0317. The highest BCUT2D eigenvalue weighted by molar-refractivity contribution is 7.47. The van der Waals surface area contributed by atoms with Crippen molar-refractivity contribution in [2.24, 2.45) is 0 Å². The largest absolute Gasteiger partial charge is 0.472 e. The molecule has 0 aromatic carbocycles. The molecule has 0 aliphatic rings. The Hall–Kier alpha value is -2.81. The molecule has 1 amide bonds. The number of ether oxygens (including phenoxy) is 1. The molecule has 0 aromatic heterocycles. The van der Waals surface area contributed by atoms with Crippen LogP contribution in [0.5, 0.6) is 0 Å². The monoisotopic (exact) mass is 1080 g/mol. The molecule has 0 aliphatic carbocycles. The molecular weight excluding hydrogens is 964 g/mol. The Morgan fingerprint density at radius 2 is 0.803 bits per heavy atom. The maximum absolute atomic E-state index is 13.5. The van der Waals surface area contributed by atoms with E-state index < -0.39 is 20.0 Å². The Bertz CT molecular complexity index is 1580. The lowest BCUT2D eigenvalue weighted by atomic mass is 10.0. The van der Waals surface area contributed by atoms with Crippen molar-refractivity contribution in [3.05, 3.63) is 85.1 Å². The van der Waals surface area contributed by atoms with Gasteiger partial charge in [0.2, 0.25) is 5.91 Å². The summed E-state index contributed by atoms with van der Waals surface area (Å²) in [6.07, 6.45) is 72.8. The van der Waals surface area contributed by atoms with Gasteiger partial charge in [-0.05, 0) is 109 Å². The molecule has 3 atom stereocenters. The van der Waals surface area contributed by atoms with E-state index in [-0.39, 0.29) is 31.5 Å². The molecular formula is C66H120N2O7P+. The summed E-state index contributed by atoms with van der Waals surface area (Å²) >= 11 is 0. The SMILES string of the molecule is CCCCC/C=C\C/C=C\C/C=C\CCCCCCCCC(=O)NC(COP(=O)(O)OCC[N+](C)(C)C)C(/C=C/CCCCCCCCCCCC)OC(=O)CCCCCCCC/C=C\C/C=C\C/C=C\CCCCC. The number of rotatable bonds is 56. The number of esters is 1. The molecule has 0 spiro atoms. The van der Waals surface area contributed by atoms with Crippen molar-refractivity contribution in [1.82, 2.24) is 5.32 Å². The van der Waals surface area contributed by atoms with Crippen LogP contribution in [0.15, 0.2) is 85.1 Å². The van der Waals surface area contributed by atoms with Gasteiger partial charge in [-0.15, -0.1) is 0 Å². The van der Waals surface area contributed by atoms with E-state index in [1.54, 1.807) is 0 Å². The van der Waals surface area contributed by atoms with Crippen LogP contribution in [0, 0.1) is 0 Å². The van der Waals surface area contributed by atoms with Crippen molar-refractivity contribution in [2.75, 3.05) is 40.9 Å². The topological polar surface area (TPSA) is 111 Å². The predicted molar refractivity (Wildman–Crippen MR) is 328 cm³/mol. The van der Waals surface area contributed by atoms with Crippen molar-refractivity contribution in [2.45, 2.75) is 283 Å². The van der Waals surface area contributed by atoms with Crippen LogP contribution in [0.3, 0.4) is 0 Å². The zero-order chi connectivity index (χ0) is 55.7. The van der Waals surface area contributed by atoms with Crippen LogP contribution >= 0.6 is 7.82 Å². The Labute approximate surface area is 469 Å². The van der Waals surface area contributed by atoms with Gasteiger partial charge in [0.1, 0.15) is 19.3 Å². The maximum atomic E-state index is 13.5. The lowest BCUT2D eigenvalue weighted by Gasteiger charge is -2.27. The average molecular weight is 1080 g/mol. The van der Waals surface area contributed by atoms with Crippen LogP contribution in [-0.4, -0.2) is 74.3 Å². The lowest BCUT2D eigenvalue weighted by molar-refractivity contribution is -0.870. The van der Waals surface area contributed by atoms with E-state index in [1.807, 2.05) is 33.3 Å². The predicted octanol–water partition coefficient (Wildman–Crippen LogP) is 19.4. The van der Waals surface area contributed by atoms with Crippen molar-refractivity contribution < 1.29 is 37.3 Å². The van der Waals surface area contributed by atoms with Gasteiger partial charge in [-0.2, -0.15) is 0 Å². The molecule has 0 aliphatic heterocycles. The summed E-state index contributed by atoms with van der Waals surface area (Å²) in [7, 11) is 1.47. The molecule has 76 heavy (non-hydrogen) atoms. The number of allylic oxidation sites excluding steroid dienone is 13. The van der Waals surface area contributed by atoms with Crippen molar-refractivity contribution in [3.8, 4) is 0 Å². The molecule has 0 radical (unpaired) electrons. The highest BCUT2D eigenvalue weighted by Crippen LogP contribution is 2.43. The molecule has 440 valence electrons. The number of amides is 1. The van der Waals surface area contributed by atoms with Gasteiger partial charge in [0.25, 0.3) is 0 Å². The van der Waals surface area contributed by atoms with Crippen LogP contribution < -0.4 is 5.32 Å². The second kappa shape index (κ2) is 55.5. The van der Waals surface area contributed by atoms with E-state index >= 15 is 0 Å². The maximum Gasteiger partial charge on any atom is 0.472 e. The summed E-state index contributed by atoms with van der Waals surface area (Å²) in [4.78, 5) is 37.7. The summed E-state index contributed by atoms with van der Waals surface area (Å²) in [6, 6.07) is -0.865. The fourth-order valence-electron chi connectivity index (χ4n) is 8.66. The minimum Gasteiger partial charge on any atom is -0.456 e. The third kappa shape index (κ3) is 55.9. The molecule has 0 rings (SSSR count). The number of carbonyl (C=O) groups excluding carboxylic acids is 2. The molecule has 0 saturated heterocycles. The number of carbonyl (C=O) groups is 2. The summed E-state index contributed by atoms with van der Waals surface area (Å²) in [6.45, 7) is 6.94. The van der Waals surface area contributed by atoms with Gasteiger partial charge in [0, 0.05) is 12.8 Å². The highest BCUT2D eigenvalue weighted by atomic mass is 31.2. The minimum atomic E-state index is -4.46. The fourth-order valence-corrected chi connectivity index (χ4v) is 9.39. The van der Waals surface area contributed by atoms with Gasteiger partial charge in [-0.1, -0.05) is 235 Å². The molecule has 2 N–H and O–H groups in total. The summed E-state index contributed by atoms with van der Waals surface area (Å²) in [5.74, 6) is -0.535. The zero-order valence-corrected chi connectivity index (χ0v) is 51.1. The van der Waals surface area contributed by atoms with E-state index in [0.717, 1.165) is 116 Å². The van der Waals surface area contributed by atoms with Crippen molar-refractivity contribution in [1.29, 1.82) is 0 Å². The van der Waals surface area contributed by atoms with Crippen LogP contribution in [0.4, 0.5) is 0 Å². The molecule has 10 heteroatoms. The first-order chi connectivity index (χ1) is 36.9. The number of hydrogen-bond donors (Lipinski definition) is 2. The molecule has 0 aromatic rings. The third-order valence-corrected chi connectivity index (χ3v) is 14.5. The Kier molecular flexibility index (Phi) is 53.5. The highest BCUT2D eigenvalue weighted by Gasteiger charge is 2.30. The molecule has 0 saturated carbocycles.